The predicted octanol–water partition coefficient (Wildman–Crippen LogP) is 2.54. The number of carbonyl (C=O) groups is 2. The van der Waals surface area contributed by atoms with Crippen LogP contribution in [-0.2, 0) is 0 Å². The molecule has 2 aromatic rings. The van der Waals surface area contributed by atoms with Crippen molar-refractivity contribution in [3.8, 4) is 11.3 Å². The first-order valence-corrected chi connectivity index (χ1v) is 11.1. The average molecular weight is 440 g/mol. The number of amides is 2. The number of benzene rings is 1. The van der Waals surface area contributed by atoms with Gasteiger partial charge in [-0.25, -0.2) is 9.78 Å². The Labute approximate surface area is 187 Å². The highest BCUT2D eigenvalue weighted by Crippen LogP contribution is 2.23. The van der Waals surface area contributed by atoms with Crippen LogP contribution in [0.2, 0.25) is 0 Å². The van der Waals surface area contributed by atoms with Crippen LogP contribution in [-0.4, -0.2) is 80.8 Å². The Bertz CT molecular complexity index is 926. The fraction of sp³-hybridized carbons (Fsp3) is 0.478. The van der Waals surface area contributed by atoms with E-state index in [1.807, 2.05) is 12.1 Å². The molecule has 32 heavy (non-hydrogen) atoms. The van der Waals surface area contributed by atoms with Crippen LogP contribution in [0.15, 0.2) is 36.7 Å². The molecule has 9 nitrogen and oxygen atoms in total. The van der Waals surface area contributed by atoms with Gasteiger partial charge in [0.15, 0.2) is 0 Å². The summed E-state index contributed by atoms with van der Waals surface area (Å²) in [7, 11) is 0. The molecule has 2 saturated heterocycles. The fourth-order valence-corrected chi connectivity index (χ4v) is 4.39. The van der Waals surface area contributed by atoms with Gasteiger partial charge < -0.3 is 25.3 Å². The molecule has 0 spiro atoms. The van der Waals surface area contributed by atoms with Gasteiger partial charge in [0, 0.05) is 37.3 Å². The van der Waals surface area contributed by atoms with Gasteiger partial charge in [0.25, 0.3) is 5.91 Å². The molecule has 170 valence electrons. The summed E-state index contributed by atoms with van der Waals surface area (Å²) in [6, 6.07) is 7.23. The number of nitrogens with one attached hydrogen (secondary N) is 1. The maximum absolute atomic E-state index is 12.7. The van der Waals surface area contributed by atoms with Crippen molar-refractivity contribution in [2.45, 2.75) is 31.7 Å². The molecule has 4 rings (SSSR count). The highest BCUT2D eigenvalue weighted by Gasteiger charge is 2.28. The molecular formula is C23H29N5O4. The Balaban J connectivity index is 1.31. The van der Waals surface area contributed by atoms with Crippen LogP contribution in [0.1, 0.15) is 36.0 Å². The van der Waals surface area contributed by atoms with Crippen molar-refractivity contribution in [2.75, 3.05) is 38.1 Å². The van der Waals surface area contributed by atoms with E-state index < -0.39 is 6.09 Å². The predicted molar refractivity (Wildman–Crippen MR) is 119 cm³/mol. The smallest absolute Gasteiger partial charge is 0.407 e. The molecule has 2 fully saturated rings. The topological polar surface area (TPSA) is 119 Å². The van der Waals surface area contributed by atoms with Gasteiger partial charge in [0.05, 0.1) is 30.7 Å². The number of hydrogen-bond acceptors (Lipinski definition) is 6. The van der Waals surface area contributed by atoms with Crippen molar-refractivity contribution in [1.82, 2.24) is 19.8 Å². The standard InChI is InChI=1S/C23H29N5O4/c29-15-19-2-1-9-28(19)22(30)18-5-3-17(4-6-18)20-13-26-21(14-24-20)25-12-16-7-10-27(11-8-16)23(31)32/h3-6,13-14,16,19,29H,1-2,7-12,15H2,(H,25,26)(H,31,32)/t19-/m0/s1. The number of aliphatic hydroxyl groups excluding tert-OH is 1. The van der Waals surface area contributed by atoms with E-state index in [0.717, 1.165) is 43.5 Å². The number of carboxylic acid groups (broad SMARTS) is 1. The van der Waals surface area contributed by atoms with Crippen LogP contribution in [0.3, 0.4) is 0 Å². The Morgan fingerprint density at radius 2 is 1.78 bits per heavy atom. The van der Waals surface area contributed by atoms with Gasteiger partial charge in [0.1, 0.15) is 5.82 Å². The van der Waals surface area contributed by atoms with E-state index in [4.69, 9.17) is 5.11 Å². The molecule has 0 aliphatic carbocycles. The lowest BCUT2D eigenvalue weighted by atomic mass is 9.97. The minimum Gasteiger partial charge on any atom is -0.465 e. The molecule has 2 aliphatic rings. The average Bonchev–Trinajstić information content (AvgIpc) is 3.32. The number of hydrogen-bond donors (Lipinski definition) is 3. The summed E-state index contributed by atoms with van der Waals surface area (Å²) in [6.07, 6.45) is 6.00. The SMILES string of the molecule is O=C(O)N1CCC(CNc2cnc(-c3ccc(C(=O)N4CCC[C@H]4CO)cc3)cn2)CC1. The molecule has 0 saturated carbocycles. The molecule has 1 aromatic heterocycles. The number of aromatic nitrogens is 2. The maximum Gasteiger partial charge on any atom is 0.407 e. The Hall–Kier alpha value is -3.20. The van der Waals surface area contributed by atoms with Crippen LogP contribution in [0.25, 0.3) is 11.3 Å². The van der Waals surface area contributed by atoms with Crippen LogP contribution in [0.4, 0.5) is 10.6 Å². The maximum atomic E-state index is 12.7. The zero-order valence-electron chi connectivity index (χ0n) is 18.0. The molecule has 0 bridgehead atoms. The minimum atomic E-state index is -0.847. The molecular weight excluding hydrogens is 410 g/mol. The van der Waals surface area contributed by atoms with E-state index in [0.29, 0.717) is 36.9 Å². The first-order chi connectivity index (χ1) is 15.5. The van der Waals surface area contributed by atoms with Crippen LogP contribution < -0.4 is 5.32 Å². The summed E-state index contributed by atoms with van der Waals surface area (Å²) in [5.74, 6) is 1.05. The van der Waals surface area contributed by atoms with Crippen molar-refractivity contribution in [1.29, 1.82) is 0 Å². The first kappa shape index (κ1) is 22.0. The number of anilines is 1. The van der Waals surface area contributed by atoms with E-state index >= 15 is 0 Å². The lowest BCUT2D eigenvalue weighted by molar-refractivity contribution is 0.0677. The third-order valence-corrected chi connectivity index (χ3v) is 6.39. The third-order valence-electron chi connectivity index (χ3n) is 6.39. The molecule has 2 aliphatic heterocycles. The number of likely N-dealkylation sites (tertiary alicyclic amines) is 2. The second kappa shape index (κ2) is 9.95. The van der Waals surface area contributed by atoms with Crippen LogP contribution >= 0.6 is 0 Å². The summed E-state index contributed by atoms with van der Waals surface area (Å²) in [5.41, 5.74) is 2.20. The number of aliphatic hydroxyl groups is 1. The van der Waals surface area contributed by atoms with Gasteiger partial charge in [-0.2, -0.15) is 0 Å². The van der Waals surface area contributed by atoms with Crippen molar-refractivity contribution < 1.29 is 19.8 Å². The quantitative estimate of drug-likeness (QED) is 0.633. The highest BCUT2D eigenvalue weighted by atomic mass is 16.4. The largest absolute Gasteiger partial charge is 0.465 e. The minimum absolute atomic E-state index is 0.00131. The molecule has 1 atom stereocenters. The summed E-state index contributed by atoms with van der Waals surface area (Å²) < 4.78 is 0. The van der Waals surface area contributed by atoms with Crippen molar-refractivity contribution in [2.24, 2.45) is 5.92 Å². The van der Waals surface area contributed by atoms with Crippen molar-refractivity contribution in [3.63, 3.8) is 0 Å². The van der Waals surface area contributed by atoms with Gasteiger partial charge >= 0.3 is 6.09 Å². The zero-order valence-corrected chi connectivity index (χ0v) is 18.0. The van der Waals surface area contributed by atoms with E-state index in [1.54, 1.807) is 29.4 Å². The Morgan fingerprint density at radius 1 is 1.03 bits per heavy atom. The second-order valence-electron chi connectivity index (χ2n) is 8.44. The van der Waals surface area contributed by atoms with Gasteiger partial charge in [0.2, 0.25) is 0 Å². The van der Waals surface area contributed by atoms with Crippen LogP contribution in [0.5, 0.6) is 0 Å². The van der Waals surface area contributed by atoms with E-state index in [9.17, 15) is 14.7 Å². The number of rotatable bonds is 6. The van der Waals surface area contributed by atoms with E-state index in [-0.39, 0.29) is 18.6 Å². The van der Waals surface area contributed by atoms with Gasteiger partial charge in [-0.15, -0.1) is 0 Å². The van der Waals surface area contributed by atoms with Crippen molar-refractivity contribution >= 4 is 17.8 Å². The third kappa shape index (κ3) is 4.99. The second-order valence-corrected chi connectivity index (χ2v) is 8.44. The number of nitrogens with zero attached hydrogens (tertiary/aromatic N) is 4. The van der Waals surface area contributed by atoms with Crippen molar-refractivity contribution in [3.05, 3.63) is 42.2 Å². The van der Waals surface area contributed by atoms with Gasteiger partial charge in [-0.05, 0) is 43.7 Å². The van der Waals surface area contributed by atoms with Gasteiger partial charge in [-0.1, -0.05) is 12.1 Å². The van der Waals surface area contributed by atoms with Crippen LogP contribution in [0, 0.1) is 5.92 Å². The first-order valence-electron chi connectivity index (χ1n) is 11.1. The lowest BCUT2D eigenvalue weighted by Gasteiger charge is -2.30. The normalized spacial score (nSPS) is 19.2. The number of carbonyl (C=O) groups excluding carboxylic acids is 1. The molecule has 1 aromatic carbocycles. The molecule has 2 amide bonds. The molecule has 0 radical (unpaired) electrons. The monoisotopic (exact) mass is 439 g/mol. The molecule has 9 heteroatoms. The zero-order chi connectivity index (χ0) is 22.5. The highest BCUT2D eigenvalue weighted by molar-refractivity contribution is 5.95. The molecule has 3 N–H and O–H groups in total. The summed E-state index contributed by atoms with van der Waals surface area (Å²) in [5, 5.41) is 21.8. The van der Waals surface area contributed by atoms with E-state index in [1.165, 1.54) is 4.90 Å². The van der Waals surface area contributed by atoms with E-state index in [2.05, 4.69) is 15.3 Å². The van der Waals surface area contributed by atoms with Gasteiger partial charge in [-0.3, -0.25) is 9.78 Å². The lowest BCUT2D eigenvalue weighted by Crippen LogP contribution is -2.39. The fourth-order valence-electron chi connectivity index (χ4n) is 4.39. The summed E-state index contributed by atoms with van der Waals surface area (Å²) in [4.78, 5) is 35.8. The molecule has 0 unspecified atom stereocenters. The summed E-state index contributed by atoms with van der Waals surface area (Å²) >= 11 is 0. The summed E-state index contributed by atoms with van der Waals surface area (Å²) in [6.45, 7) is 2.57. The number of piperidine rings is 1. The Kier molecular flexibility index (Phi) is 6.84. The Morgan fingerprint density at radius 3 is 2.41 bits per heavy atom. The molecule has 3 heterocycles.